The number of nitrogens with one attached hydrogen (secondary N) is 2. The topological polar surface area (TPSA) is 113 Å². The van der Waals surface area contributed by atoms with Gasteiger partial charge < -0.3 is 15.2 Å². The van der Waals surface area contributed by atoms with Crippen LogP contribution >= 0.6 is 11.6 Å². The number of nitriles is 1. The minimum absolute atomic E-state index is 0.00945. The highest BCUT2D eigenvalue weighted by atomic mass is 35.5. The van der Waals surface area contributed by atoms with Gasteiger partial charge in [0.05, 0.1) is 34.0 Å². The van der Waals surface area contributed by atoms with Gasteiger partial charge in [-0.25, -0.2) is 0 Å². The largest absolute Gasteiger partial charge is 0.383 e. The van der Waals surface area contributed by atoms with Crippen molar-refractivity contribution >= 4 is 44.7 Å². The fourth-order valence-corrected chi connectivity index (χ4v) is 4.87. The zero-order chi connectivity index (χ0) is 27.9. The molecule has 5 aromatic rings. The molecule has 0 aliphatic carbocycles. The molecule has 0 bridgehead atoms. The quantitative estimate of drug-likeness (QED) is 0.296. The number of hydrogen-bond donors (Lipinski definition) is 2. The van der Waals surface area contributed by atoms with E-state index in [4.69, 9.17) is 11.6 Å². The monoisotopic (exact) mass is 540 g/mol. The van der Waals surface area contributed by atoms with Crippen molar-refractivity contribution in [3.8, 4) is 6.07 Å². The van der Waals surface area contributed by atoms with E-state index < -0.39 is 6.04 Å². The van der Waals surface area contributed by atoms with Crippen LogP contribution in [0.3, 0.4) is 0 Å². The van der Waals surface area contributed by atoms with Crippen molar-refractivity contribution in [2.24, 2.45) is 19.5 Å². The second-order valence-corrected chi connectivity index (χ2v) is 11.3. The lowest BCUT2D eigenvalue weighted by Crippen LogP contribution is -2.20. The van der Waals surface area contributed by atoms with Crippen LogP contribution in [-0.2, 0) is 14.1 Å². The van der Waals surface area contributed by atoms with Crippen molar-refractivity contribution in [3.05, 3.63) is 87.2 Å². The zero-order valence-corrected chi connectivity index (χ0v) is 23.2. The first kappa shape index (κ1) is 26.2. The van der Waals surface area contributed by atoms with Gasteiger partial charge in [0.15, 0.2) is 0 Å². The number of hydrogen-bond acceptors (Lipinski definition) is 7. The van der Waals surface area contributed by atoms with E-state index in [9.17, 15) is 10.1 Å². The highest BCUT2D eigenvalue weighted by Gasteiger charge is 2.22. The summed E-state index contributed by atoms with van der Waals surface area (Å²) in [5, 5.41) is 28.0. The summed E-state index contributed by atoms with van der Waals surface area (Å²) in [6.07, 6.45) is 5.15. The van der Waals surface area contributed by atoms with Crippen LogP contribution in [-0.4, -0.2) is 31.1 Å². The highest BCUT2D eigenvalue weighted by Crippen LogP contribution is 2.36. The summed E-state index contributed by atoms with van der Waals surface area (Å²) in [5.74, 6) is 0. The number of pyridine rings is 2. The normalized spacial score (nSPS) is 12.4. The maximum absolute atomic E-state index is 12.9. The Balaban J connectivity index is 1.67. The van der Waals surface area contributed by atoms with Gasteiger partial charge in [0.1, 0.15) is 11.8 Å². The molecule has 0 fully saturated rings. The fourth-order valence-electron chi connectivity index (χ4n) is 4.60. The molecule has 0 aliphatic rings. The molecular weight excluding hydrogens is 512 g/mol. The Morgan fingerprint density at radius 3 is 2.62 bits per heavy atom. The van der Waals surface area contributed by atoms with Crippen LogP contribution in [0.1, 0.15) is 43.6 Å². The van der Waals surface area contributed by atoms with Gasteiger partial charge in [0, 0.05) is 49.5 Å². The third kappa shape index (κ3) is 5.16. The Bertz CT molecular complexity index is 1810. The number of anilines is 2. The Kier molecular flexibility index (Phi) is 6.74. The Morgan fingerprint density at radius 1 is 1.13 bits per heavy atom. The predicted octanol–water partition coefficient (Wildman–Crippen LogP) is 5.40. The Morgan fingerprint density at radius 2 is 1.92 bits per heavy atom. The molecular formula is C29H29ClN8O. The SMILES string of the molecule is Cn1cc(C(Nc2cc(Cl)c3ncc(C#N)c(NCC(C)(C)C)c3c2)c2cccc3c(=O)n(C)ccc23)nn1. The molecule has 0 saturated carbocycles. The molecule has 39 heavy (non-hydrogen) atoms. The minimum Gasteiger partial charge on any atom is -0.383 e. The van der Waals surface area contributed by atoms with Crippen LogP contribution in [0.2, 0.25) is 5.02 Å². The van der Waals surface area contributed by atoms with Gasteiger partial charge >= 0.3 is 0 Å². The van der Waals surface area contributed by atoms with Crippen molar-refractivity contribution in [2.45, 2.75) is 26.8 Å². The van der Waals surface area contributed by atoms with Gasteiger partial charge in [0.2, 0.25) is 0 Å². The van der Waals surface area contributed by atoms with Gasteiger partial charge in [0.25, 0.3) is 5.56 Å². The smallest absolute Gasteiger partial charge is 0.258 e. The number of benzene rings is 2. The van der Waals surface area contributed by atoms with E-state index in [0.29, 0.717) is 45.1 Å². The third-order valence-corrected chi connectivity index (χ3v) is 6.82. The van der Waals surface area contributed by atoms with Crippen molar-refractivity contribution in [1.29, 1.82) is 5.26 Å². The summed E-state index contributed by atoms with van der Waals surface area (Å²) in [7, 11) is 3.54. The van der Waals surface area contributed by atoms with E-state index in [2.05, 4.69) is 52.8 Å². The van der Waals surface area contributed by atoms with Crippen LogP contribution in [0.15, 0.2) is 59.8 Å². The molecule has 3 aromatic heterocycles. The maximum atomic E-state index is 12.9. The summed E-state index contributed by atoms with van der Waals surface area (Å²) in [6, 6.07) is 13.2. The number of fused-ring (bicyclic) bond motifs is 2. The number of rotatable bonds is 6. The summed E-state index contributed by atoms with van der Waals surface area (Å²) in [6.45, 7) is 7.03. The van der Waals surface area contributed by atoms with Gasteiger partial charge in [-0.1, -0.05) is 49.7 Å². The van der Waals surface area contributed by atoms with E-state index >= 15 is 0 Å². The van der Waals surface area contributed by atoms with Crippen molar-refractivity contribution in [1.82, 2.24) is 24.5 Å². The van der Waals surface area contributed by atoms with Crippen molar-refractivity contribution in [3.63, 3.8) is 0 Å². The second kappa shape index (κ2) is 10.0. The van der Waals surface area contributed by atoms with Gasteiger partial charge in [-0.3, -0.25) is 14.5 Å². The fraction of sp³-hybridized carbons (Fsp3) is 0.276. The lowest BCUT2D eigenvalue weighted by Gasteiger charge is -2.23. The van der Waals surface area contributed by atoms with Crippen LogP contribution in [0.5, 0.6) is 0 Å². The lowest BCUT2D eigenvalue weighted by atomic mass is 9.96. The molecule has 5 rings (SSSR count). The van der Waals surface area contributed by atoms with Crippen LogP contribution in [0.4, 0.5) is 11.4 Å². The molecule has 0 saturated heterocycles. The molecule has 3 heterocycles. The minimum atomic E-state index is -0.443. The van der Waals surface area contributed by atoms with Gasteiger partial charge in [-0.05, 0) is 40.6 Å². The molecule has 0 spiro atoms. The van der Waals surface area contributed by atoms with Gasteiger partial charge in [-0.15, -0.1) is 5.10 Å². The molecule has 0 aliphatic heterocycles. The predicted molar refractivity (Wildman–Crippen MR) is 155 cm³/mol. The lowest BCUT2D eigenvalue weighted by molar-refractivity contribution is 0.443. The number of nitrogens with zero attached hydrogens (tertiary/aromatic N) is 6. The molecule has 0 amide bonds. The van der Waals surface area contributed by atoms with Crippen molar-refractivity contribution < 1.29 is 0 Å². The van der Waals surface area contributed by atoms with Crippen LogP contribution in [0, 0.1) is 16.7 Å². The number of aromatic nitrogens is 5. The summed E-state index contributed by atoms with van der Waals surface area (Å²) in [5.41, 5.74) is 3.90. The summed E-state index contributed by atoms with van der Waals surface area (Å²) < 4.78 is 3.20. The van der Waals surface area contributed by atoms with Crippen molar-refractivity contribution in [2.75, 3.05) is 17.2 Å². The first-order valence-electron chi connectivity index (χ1n) is 12.5. The zero-order valence-electron chi connectivity index (χ0n) is 22.5. The summed E-state index contributed by atoms with van der Waals surface area (Å²) in [4.78, 5) is 17.3. The molecule has 1 unspecified atom stereocenters. The van der Waals surface area contributed by atoms with E-state index in [1.165, 1.54) is 0 Å². The molecule has 2 N–H and O–H groups in total. The molecule has 10 heteroatoms. The van der Waals surface area contributed by atoms with E-state index in [1.807, 2.05) is 49.6 Å². The van der Waals surface area contributed by atoms with Gasteiger partial charge in [-0.2, -0.15) is 5.26 Å². The Labute approximate surface area is 231 Å². The molecule has 9 nitrogen and oxygen atoms in total. The van der Waals surface area contributed by atoms with Crippen LogP contribution in [0.25, 0.3) is 21.7 Å². The second-order valence-electron chi connectivity index (χ2n) is 10.9. The van der Waals surface area contributed by atoms with Crippen LogP contribution < -0.4 is 16.2 Å². The average Bonchev–Trinajstić information content (AvgIpc) is 3.33. The number of halogens is 1. The highest BCUT2D eigenvalue weighted by molar-refractivity contribution is 6.35. The van der Waals surface area contributed by atoms with E-state index in [1.54, 1.807) is 28.7 Å². The van der Waals surface area contributed by atoms with E-state index in [0.717, 1.165) is 16.3 Å². The molecule has 198 valence electrons. The molecule has 0 radical (unpaired) electrons. The van der Waals surface area contributed by atoms with E-state index in [-0.39, 0.29) is 11.0 Å². The first-order valence-corrected chi connectivity index (χ1v) is 12.9. The Hall–Kier alpha value is -4.42. The maximum Gasteiger partial charge on any atom is 0.258 e. The number of aryl methyl sites for hydroxylation is 2. The molecule has 2 aromatic carbocycles. The summed E-state index contributed by atoms with van der Waals surface area (Å²) >= 11 is 6.74. The molecule has 1 atom stereocenters. The standard InChI is InChI=1S/C29H29ClN8O/c1-29(2,3)16-33-25-17(13-31)14-32-26-22(25)11-18(12-23(26)30)34-27(24-15-38(5)36-35-24)20-7-6-8-21-19(20)9-10-37(4)28(21)39/h6-12,14-15,27,34H,16H2,1-5H3,(H,32,33). The third-order valence-electron chi connectivity index (χ3n) is 6.53. The average molecular weight is 541 g/mol. The first-order chi connectivity index (χ1) is 18.6.